The third-order valence-corrected chi connectivity index (χ3v) is 5.14. The summed E-state index contributed by atoms with van der Waals surface area (Å²) in [6, 6.07) is 4.75. The van der Waals surface area contributed by atoms with Crippen molar-refractivity contribution in [3.8, 4) is 6.07 Å². The monoisotopic (exact) mass is 360 g/mol. The van der Waals surface area contributed by atoms with E-state index < -0.39 is 4.92 Å². The molecule has 0 atom stereocenters. The number of rotatable bonds is 4. The summed E-state index contributed by atoms with van der Waals surface area (Å²) in [7, 11) is 1.90. The Morgan fingerprint density at radius 1 is 1.44 bits per heavy atom. The van der Waals surface area contributed by atoms with E-state index in [9.17, 15) is 14.9 Å². The maximum Gasteiger partial charge on any atom is 0.328 e. The summed E-state index contributed by atoms with van der Waals surface area (Å²) < 4.78 is 0.579. The van der Waals surface area contributed by atoms with Crippen LogP contribution < -0.4 is 4.90 Å². The number of carbonyl (C=O) groups excluding carboxylic acids is 1. The zero-order valence-electron chi connectivity index (χ0n) is 13.8. The fourth-order valence-corrected chi connectivity index (χ4v) is 3.90. The van der Waals surface area contributed by atoms with Crippen molar-refractivity contribution in [1.82, 2.24) is 14.8 Å². The minimum Gasteiger partial charge on any atom is -0.312 e. The van der Waals surface area contributed by atoms with Crippen LogP contribution in [0.5, 0.6) is 0 Å². The predicted molar refractivity (Wildman–Crippen MR) is 93.3 cm³/mol. The second-order valence-electron chi connectivity index (χ2n) is 5.71. The Hall–Kier alpha value is -2.77. The number of nitro groups is 1. The first kappa shape index (κ1) is 17.1. The van der Waals surface area contributed by atoms with Gasteiger partial charge in [0.15, 0.2) is 5.13 Å². The highest BCUT2D eigenvalue weighted by Crippen LogP contribution is 2.36. The molecule has 1 aliphatic heterocycles. The van der Waals surface area contributed by atoms with Crippen LogP contribution in [0.1, 0.15) is 12.5 Å². The minimum atomic E-state index is -0.496. The summed E-state index contributed by atoms with van der Waals surface area (Å²) in [5.41, 5.74) is 0.806. The lowest BCUT2D eigenvalue weighted by molar-refractivity contribution is -0.385. The first-order valence-corrected chi connectivity index (χ1v) is 8.46. The molecule has 0 radical (unpaired) electrons. The van der Waals surface area contributed by atoms with Gasteiger partial charge < -0.3 is 4.90 Å². The van der Waals surface area contributed by atoms with E-state index in [1.54, 1.807) is 15.9 Å². The maximum absolute atomic E-state index is 12.6. The average Bonchev–Trinajstić information content (AvgIpc) is 3.01. The Balaban J connectivity index is 2.09. The van der Waals surface area contributed by atoms with Gasteiger partial charge in [0.05, 0.1) is 46.5 Å². The quantitative estimate of drug-likeness (QED) is 0.612. The van der Waals surface area contributed by atoms with Crippen LogP contribution in [0.3, 0.4) is 0 Å². The van der Waals surface area contributed by atoms with Crippen molar-refractivity contribution >= 4 is 38.4 Å². The van der Waals surface area contributed by atoms with Gasteiger partial charge in [0.1, 0.15) is 0 Å². The molecule has 1 fully saturated rings. The molecule has 3 rings (SSSR count). The number of aromatic nitrogens is 1. The number of anilines is 1. The highest BCUT2D eigenvalue weighted by atomic mass is 32.1. The molecule has 9 nitrogen and oxygen atoms in total. The van der Waals surface area contributed by atoms with Gasteiger partial charge in [-0.25, -0.2) is 9.78 Å². The van der Waals surface area contributed by atoms with Crippen LogP contribution in [0, 0.1) is 21.4 Å². The third kappa shape index (κ3) is 2.99. The van der Waals surface area contributed by atoms with Crippen LogP contribution in [0.25, 0.3) is 10.2 Å². The second-order valence-corrected chi connectivity index (χ2v) is 6.68. The molecule has 0 bridgehead atoms. The van der Waals surface area contributed by atoms with Crippen molar-refractivity contribution in [2.45, 2.75) is 13.3 Å². The van der Waals surface area contributed by atoms with Crippen molar-refractivity contribution in [3.63, 3.8) is 0 Å². The smallest absolute Gasteiger partial charge is 0.312 e. The fraction of sp³-hybridized carbons (Fsp3) is 0.400. The topological polar surface area (TPSA) is 107 Å². The Bertz CT molecular complexity index is 889. The molecule has 2 heterocycles. The van der Waals surface area contributed by atoms with Gasteiger partial charge in [0.25, 0.3) is 5.69 Å². The normalized spacial score (nSPS) is 15.6. The highest BCUT2D eigenvalue weighted by molar-refractivity contribution is 7.22. The van der Waals surface area contributed by atoms with Gasteiger partial charge in [-0.05, 0) is 20.0 Å². The summed E-state index contributed by atoms with van der Waals surface area (Å²) in [5, 5.41) is 20.7. The lowest BCUT2D eigenvalue weighted by atomic mass is 10.1. The molecule has 0 N–H and O–H groups in total. The molecule has 1 aliphatic rings. The summed E-state index contributed by atoms with van der Waals surface area (Å²) >= 11 is 1.21. The van der Waals surface area contributed by atoms with Crippen molar-refractivity contribution in [3.05, 3.63) is 27.8 Å². The van der Waals surface area contributed by atoms with Crippen molar-refractivity contribution in [2.24, 2.45) is 0 Å². The van der Waals surface area contributed by atoms with Crippen LogP contribution in [0.15, 0.2) is 12.1 Å². The molecule has 0 unspecified atom stereocenters. The lowest BCUT2D eigenvalue weighted by Gasteiger charge is -2.38. The number of thiazole rings is 1. The Morgan fingerprint density at radius 3 is 2.84 bits per heavy atom. The summed E-state index contributed by atoms with van der Waals surface area (Å²) in [5.74, 6) is 0. The van der Waals surface area contributed by atoms with Gasteiger partial charge in [-0.15, -0.1) is 0 Å². The van der Waals surface area contributed by atoms with Gasteiger partial charge in [0.2, 0.25) is 0 Å². The molecular weight excluding hydrogens is 344 g/mol. The van der Waals surface area contributed by atoms with Crippen LogP contribution in [-0.4, -0.2) is 52.7 Å². The third-order valence-electron chi connectivity index (χ3n) is 3.99. The van der Waals surface area contributed by atoms with Crippen molar-refractivity contribution < 1.29 is 9.72 Å². The molecule has 130 valence electrons. The zero-order chi connectivity index (χ0) is 18.1. The number of fused-ring (bicyclic) bond motifs is 1. The summed E-state index contributed by atoms with van der Waals surface area (Å²) in [4.78, 5) is 33.0. The number of nitriles is 1. The van der Waals surface area contributed by atoms with Crippen LogP contribution >= 0.6 is 11.3 Å². The van der Waals surface area contributed by atoms with E-state index in [0.29, 0.717) is 40.8 Å². The Morgan fingerprint density at radius 2 is 2.20 bits per heavy atom. The number of amides is 2. The number of hydrogen-bond donors (Lipinski definition) is 0. The largest absolute Gasteiger partial charge is 0.328 e. The Kier molecular flexibility index (Phi) is 4.52. The number of benzene rings is 1. The molecule has 1 aromatic heterocycles. The maximum atomic E-state index is 12.6. The summed E-state index contributed by atoms with van der Waals surface area (Å²) in [6.45, 7) is 3.42. The number of carbonyl (C=O) groups is 1. The SMILES string of the molecule is CCN1CN(C)CN(c2nc3ccc([N+](=O)[O-])c(CC#N)c3s2)C1=O. The lowest BCUT2D eigenvalue weighted by Crippen LogP contribution is -2.56. The van der Waals surface area contributed by atoms with E-state index in [2.05, 4.69) is 4.98 Å². The van der Waals surface area contributed by atoms with Crippen LogP contribution in [0.2, 0.25) is 0 Å². The minimum absolute atomic E-state index is 0.0791. The van der Waals surface area contributed by atoms with Gasteiger partial charge in [0, 0.05) is 12.6 Å². The zero-order valence-corrected chi connectivity index (χ0v) is 14.6. The number of nitrogens with zero attached hydrogens (tertiary/aromatic N) is 6. The molecule has 1 aromatic carbocycles. The van der Waals surface area contributed by atoms with Crippen molar-refractivity contribution in [1.29, 1.82) is 5.26 Å². The standard InChI is InChI=1S/C15H16N6O3S/c1-3-19-8-18(2)9-20(15(19)22)14-17-11-4-5-12(21(23)24)10(6-7-16)13(11)25-14/h4-5H,3,6,8-9H2,1-2H3. The van der Waals surface area contributed by atoms with E-state index in [0.717, 1.165) is 0 Å². The van der Waals surface area contributed by atoms with Gasteiger partial charge in [-0.2, -0.15) is 5.26 Å². The first-order chi connectivity index (χ1) is 12.0. The van der Waals surface area contributed by atoms with Gasteiger partial charge in [-0.1, -0.05) is 11.3 Å². The van der Waals surface area contributed by atoms with E-state index in [1.165, 1.54) is 17.4 Å². The van der Waals surface area contributed by atoms with Crippen LogP contribution in [0.4, 0.5) is 15.6 Å². The number of hydrogen-bond acceptors (Lipinski definition) is 7. The van der Waals surface area contributed by atoms with Gasteiger partial charge >= 0.3 is 6.03 Å². The number of nitro benzene ring substituents is 1. The van der Waals surface area contributed by atoms with Gasteiger partial charge in [-0.3, -0.25) is 19.9 Å². The van der Waals surface area contributed by atoms with E-state index in [-0.39, 0.29) is 18.1 Å². The molecule has 1 saturated heterocycles. The van der Waals surface area contributed by atoms with E-state index in [1.807, 2.05) is 24.9 Å². The highest BCUT2D eigenvalue weighted by Gasteiger charge is 2.31. The molecule has 10 heteroatoms. The molecule has 0 aliphatic carbocycles. The van der Waals surface area contributed by atoms with Crippen LogP contribution in [-0.2, 0) is 6.42 Å². The first-order valence-electron chi connectivity index (χ1n) is 7.65. The molecule has 2 amide bonds. The van der Waals surface area contributed by atoms with E-state index in [4.69, 9.17) is 5.26 Å². The van der Waals surface area contributed by atoms with E-state index >= 15 is 0 Å². The second kappa shape index (κ2) is 6.62. The summed E-state index contributed by atoms with van der Waals surface area (Å²) in [6.07, 6.45) is -0.0791. The Labute approximate surface area is 147 Å². The average molecular weight is 360 g/mol. The molecular formula is C15H16N6O3S. The molecule has 0 spiro atoms. The molecule has 2 aromatic rings. The predicted octanol–water partition coefficient (Wildman–Crippen LogP) is 2.38. The van der Waals surface area contributed by atoms with Crippen molar-refractivity contribution in [2.75, 3.05) is 31.8 Å². The number of urea groups is 1. The molecule has 25 heavy (non-hydrogen) atoms. The fourth-order valence-electron chi connectivity index (χ4n) is 2.81. The molecule has 0 saturated carbocycles.